The molecule has 0 fully saturated rings. The van der Waals surface area contributed by atoms with E-state index in [1.165, 1.54) is 16.9 Å². The summed E-state index contributed by atoms with van der Waals surface area (Å²) in [6.45, 7) is 0. The molecule has 0 aliphatic heterocycles. The van der Waals surface area contributed by atoms with E-state index in [-0.39, 0.29) is 11.4 Å². The van der Waals surface area contributed by atoms with Crippen molar-refractivity contribution in [2.24, 2.45) is 0 Å². The minimum Gasteiger partial charge on any atom is -0.506 e. The van der Waals surface area contributed by atoms with Gasteiger partial charge in [-0.2, -0.15) is 9.49 Å². The predicted molar refractivity (Wildman–Crippen MR) is 92.6 cm³/mol. The van der Waals surface area contributed by atoms with Gasteiger partial charge in [0.05, 0.1) is 34.3 Å². The van der Waals surface area contributed by atoms with Crippen molar-refractivity contribution in [2.45, 2.75) is 0 Å². The number of benzene rings is 2. The van der Waals surface area contributed by atoms with Gasteiger partial charge < -0.3 is 10.2 Å². The molecule has 4 aromatic rings. The van der Waals surface area contributed by atoms with Crippen LogP contribution in [-0.4, -0.2) is 25.0 Å². The maximum absolute atomic E-state index is 13.6. The zero-order valence-electron chi connectivity index (χ0n) is 13.0. The number of phenolic OH excluding ortho intramolecular Hbond substituents is 1. The summed E-state index contributed by atoms with van der Waals surface area (Å²) in [5.41, 5.74) is 2.00. The summed E-state index contributed by atoms with van der Waals surface area (Å²) in [5.74, 6) is -3.30. The fourth-order valence-corrected chi connectivity index (χ4v) is 2.98. The lowest BCUT2D eigenvalue weighted by Gasteiger charge is -2.07. The summed E-state index contributed by atoms with van der Waals surface area (Å²) in [4.78, 5) is 4.12. The van der Waals surface area contributed by atoms with E-state index in [1.54, 1.807) is 24.4 Å². The molecule has 130 valence electrons. The smallest absolute Gasteiger partial charge is 0.200 e. The molecule has 26 heavy (non-hydrogen) atoms. The second-order valence-electron chi connectivity index (χ2n) is 5.61. The van der Waals surface area contributed by atoms with Crippen molar-refractivity contribution in [1.29, 1.82) is 0 Å². The Kier molecular flexibility index (Phi) is 3.73. The average Bonchev–Trinajstić information content (AvgIpc) is 3.02. The highest BCUT2D eigenvalue weighted by Gasteiger charge is 2.14. The summed E-state index contributed by atoms with van der Waals surface area (Å²) in [7, 11) is 0. The molecule has 2 N–H and O–H groups in total. The molecule has 2 heterocycles. The Hall–Kier alpha value is -3.19. The molecular weight excluding hydrogens is 364 g/mol. The molecule has 0 atom stereocenters. The van der Waals surface area contributed by atoms with Crippen molar-refractivity contribution >= 4 is 22.5 Å². The molecule has 4 rings (SSSR count). The third kappa shape index (κ3) is 2.62. The number of nitrogens with zero attached hydrogens (tertiary/aromatic N) is 3. The number of aromatic hydroxyl groups is 2. The van der Waals surface area contributed by atoms with E-state index in [2.05, 4.69) is 10.1 Å². The molecule has 0 saturated carbocycles. The molecule has 0 radical (unpaired) electrons. The summed E-state index contributed by atoms with van der Waals surface area (Å²) < 4.78 is 28.2. The van der Waals surface area contributed by atoms with E-state index in [9.17, 15) is 19.0 Å². The van der Waals surface area contributed by atoms with Crippen LogP contribution in [0.3, 0.4) is 0 Å². The maximum Gasteiger partial charge on any atom is 0.200 e. The van der Waals surface area contributed by atoms with E-state index >= 15 is 0 Å². The number of phenols is 1. The number of halogens is 3. The van der Waals surface area contributed by atoms with Crippen LogP contribution in [0, 0.1) is 11.6 Å². The van der Waals surface area contributed by atoms with Crippen molar-refractivity contribution in [1.82, 2.24) is 14.8 Å². The van der Waals surface area contributed by atoms with Gasteiger partial charge in [-0.1, -0.05) is 17.7 Å². The lowest BCUT2D eigenvalue weighted by molar-refractivity contribution is 0.406. The molecule has 2 aromatic carbocycles. The van der Waals surface area contributed by atoms with Crippen LogP contribution in [0.1, 0.15) is 0 Å². The molecule has 0 bridgehead atoms. The lowest BCUT2D eigenvalue weighted by atomic mass is 10.1. The minimum absolute atomic E-state index is 0.0363. The SMILES string of the molecule is Oc1cnc(-c2ccc3c(cnn3-c3cc(O)c(F)c(F)c3)c2)c(Cl)c1. The van der Waals surface area contributed by atoms with Gasteiger partial charge in [0.15, 0.2) is 17.4 Å². The van der Waals surface area contributed by atoms with Crippen molar-refractivity contribution in [3.05, 3.63) is 65.4 Å². The number of fused-ring (bicyclic) bond motifs is 1. The van der Waals surface area contributed by atoms with Crippen molar-refractivity contribution < 1.29 is 19.0 Å². The molecule has 0 saturated heterocycles. The summed E-state index contributed by atoms with van der Waals surface area (Å²) >= 11 is 6.12. The van der Waals surface area contributed by atoms with Gasteiger partial charge in [0.2, 0.25) is 0 Å². The Morgan fingerprint density at radius 2 is 1.81 bits per heavy atom. The topological polar surface area (TPSA) is 71.2 Å². The molecular formula is C18H10ClF2N3O2. The predicted octanol–water partition coefficient (Wildman–Crippen LogP) is 4.43. The number of hydrogen-bond acceptors (Lipinski definition) is 4. The molecule has 0 spiro atoms. The molecule has 0 unspecified atom stereocenters. The summed E-state index contributed by atoms with van der Waals surface area (Å²) in [6.07, 6.45) is 2.84. The third-order valence-electron chi connectivity index (χ3n) is 3.91. The molecule has 0 amide bonds. The zero-order chi connectivity index (χ0) is 18.4. The lowest BCUT2D eigenvalue weighted by Crippen LogP contribution is -1.98. The van der Waals surface area contributed by atoms with Gasteiger partial charge in [-0.05, 0) is 12.1 Å². The summed E-state index contributed by atoms with van der Waals surface area (Å²) in [5, 5.41) is 24.1. The van der Waals surface area contributed by atoms with Crippen molar-refractivity contribution in [3.63, 3.8) is 0 Å². The zero-order valence-corrected chi connectivity index (χ0v) is 13.7. The van der Waals surface area contributed by atoms with Crippen LogP contribution < -0.4 is 0 Å². The molecule has 0 aliphatic rings. The first kappa shape index (κ1) is 16.3. The Morgan fingerprint density at radius 1 is 1.00 bits per heavy atom. The normalized spacial score (nSPS) is 11.2. The highest BCUT2D eigenvalue weighted by Crippen LogP contribution is 2.31. The number of pyridine rings is 1. The van der Waals surface area contributed by atoms with Gasteiger partial charge in [0, 0.05) is 29.1 Å². The largest absolute Gasteiger partial charge is 0.506 e. The Labute approximate surface area is 150 Å². The average molecular weight is 374 g/mol. The monoisotopic (exact) mass is 373 g/mol. The van der Waals surface area contributed by atoms with Gasteiger partial charge in [-0.3, -0.25) is 4.98 Å². The van der Waals surface area contributed by atoms with Crippen LogP contribution in [-0.2, 0) is 0 Å². The van der Waals surface area contributed by atoms with Crippen LogP contribution in [0.25, 0.3) is 27.8 Å². The second-order valence-corrected chi connectivity index (χ2v) is 6.02. The Bertz CT molecular complexity index is 1140. The molecule has 8 heteroatoms. The molecule has 0 aliphatic carbocycles. The molecule has 5 nitrogen and oxygen atoms in total. The fourth-order valence-electron chi connectivity index (χ4n) is 2.71. The highest BCUT2D eigenvalue weighted by molar-refractivity contribution is 6.33. The van der Waals surface area contributed by atoms with Crippen LogP contribution in [0.2, 0.25) is 5.02 Å². The standard InChI is InChI=1S/C18H10ClF2N3O2/c19-13-6-12(25)8-22-18(13)9-1-2-15-10(3-9)7-23-24(15)11-4-14(20)17(21)16(26)5-11/h1-8,25-26H. The third-order valence-corrected chi connectivity index (χ3v) is 4.19. The highest BCUT2D eigenvalue weighted by atomic mass is 35.5. The van der Waals surface area contributed by atoms with Gasteiger partial charge in [-0.25, -0.2) is 9.07 Å². The number of hydrogen-bond donors (Lipinski definition) is 2. The maximum atomic E-state index is 13.6. The second kappa shape index (κ2) is 5.96. The van der Waals surface area contributed by atoms with Crippen LogP contribution in [0.4, 0.5) is 8.78 Å². The first-order valence-electron chi connectivity index (χ1n) is 7.45. The van der Waals surface area contributed by atoms with E-state index in [4.69, 9.17) is 11.6 Å². The van der Waals surface area contributed by atoms with E-state index in [0.29, 0.717) is 27.2 Å². The van der Waals surface area contributed by atoms with Crippen LogP contribution in [0.15, 0.2) is 48.8 Å². The fraction of sp³-hybridized carbons (Fsp3) is 0. The number of aromatic nitrogens is 3. The van der Waals surface area contributed by atoms with Gasteiger partial charge in [0.1, 0.15) is 5.75 Å². The first-order valence-corrected chi connectivity index (χ1v) is 7.83. The van der Waals surface area contributed by atoms with E-state index in [0.717, 1.165) is 12.1 Å². The number of rotatable bonds is 2. The Balaban J connectivity index is 1.84. The van der Waals surface area contributed by atoms with Crippen LogP contribution in [0.5, 0.6) is 11.5 Å². The quantitative estimate of drug-likeness (QED) is 0.545. The van der Waals surface area contributed by atoms with E-state index in [1.807, 2.05) is 0 Å². The van der Waals surface area contributed by atoms with Crippen molar-refractivity contribution in [2.75, 3.05) is 0 Å². The van der Waals surface area contributed by atoms with Crippen molar-refractivity contribution in [3.8, 4) is 28.4 Å². The first-order chi connectivity index (χ1) is 12.4. The van der Waals surface area contributed by atoms with E-state index < -0.39 is 17.4 Å². The summed E-state index contributed by atoms with van der Waals surface area (Å²) in [6, 6.07) is 8.68. The van der Waals surface area contributed by atoms with Gasteiger partial charge >= 0.3 is 0 Å². The minimum atomic E-state index is -1.31. The Morgan fingerprint density at radius 3 is 2.54 bits per heavy atom. The van der Waals surface area contributed by atoms with Crippen LogP contribution >= 0.6 is 11.6 Å². The van der Waals surface area contributed by atoms with Gasteiger partial charge in [-0.15, -0.1) is 0 Å². The molecule has 2 aromatic heterocycles. The van der Waals surface area contributed by atoms with Gasteiger partial charge in [0.25, 0.3) is 0 Å².